The van der Waals surface area contributed by atoms with E-state index in [9.17, 15) is 9.59 Å². The van der Waals surface area contributed by atoms with E-state index in [4.69, 9.17) is 5.73 Å². The summed E-state index contributed by atoms with van der Waals surface area (Å²) in [5.41, 5.74) is 5.88. The predicted molar refractivity (Wildman–Crippen MR) is 60.7 cm³/mol. The number of esters is 1. The first kappa shape index (κ1) is 12.4. The van der Waals surface area contributed by atoms with Crippen LogP contribution >= 0.6 is 15.9 Å². The molecule has 1 aromatic rings. The minimum atomic E-state index is -0.540. The Morgan fingerprint density at radius 3 is 2.88 bits per heavy atom. The number of nitrogen functional groups attached to an aromatic ring is 1. The number of hydrogen-bond donors (Lipinski definition) is 2. The standard InChI is InChI=1S/C9H10BrN3O3/c1-16-7(14)4-12-9(15)8-5(11)2-3-6(10)13-8/h2-3H,4,11H2,1H3,(H,12,15). The van der Waals surface area contributed by atoms with E-state index in [1.54, 1.807) is 12.1 Å². The van der Waals surface area contributed by atoms with Gasteiger partial charge in [-0.05, 0) is 28.1 Å². The number of amides is 1. The molecule has 0 aliphatic heterocycles. The molecule has 0 saturated heterocycles. The first-order valence-corrected chi connectivity index (χ1v) is 5.11. The second kappa shape index (κ2) is 5.45. The van der Waals surface area contributed by atoms with Crippen molar-refractivity contribution in [1.82, 2.24) is 10.3 Å². The third kappa shape index (κ3) is 3.20. The number of carbonyl (C=O) groups excluding carboxylic acids is 2. The number of rotatable bonds is 3. The van der Waals surface area contributed by atoms with Crippen LogP contribution in [0.3, 0.4) is 0 Å². The molecule has 0 atom stereocenters. The molecule has 1 rings (SSSR count). The fourth-order valence-corrected chi connectivity index (χ4v) is 1.25. The van der Waals surface area contributed by atoms with Crippen molar-refractivity contribution in [2.75, 3.05) is 19.4 Å². The van der Waals surface area contributed by atoms with Crippen LogP contribution in [0.5, 0.6) is 0 Å². The van der Waals surface area contributed by atoms with Gasteiger partial charge in [-0.2, -0.15) is 0 Å². The molecule has 7 heteroatoms. The molecule has 1 heterocycles. The minimum absolute atomic E-state index is 0.0679. The summed E-state index contributed by atoms with van der Waals surface area (Å²) in [6.45, 7) is -0.219. The summed E-state index contributed by atoms with van der Waals surface area (Å²) in [6.07, 6.45) is 0. The van der Waals surface area contributed by atoms with E-state index < -0.39 is 11.9 Å². The number of nitrogens with two attached hydrogens (primary N) is 1. The minimum Gasteiger partial charge on any atom is -0.468 e. The topological polar surface area (TPSA) is 94.3 Å². The van der Waals surface area contributed by atoms with Crippen molar-refractivity contribution in [2.24, 2.45) is 0 Å². The molecular formula is C9H10BrN3O3. The third-order valence-corrected chi connectivity index (χ3v) is 2.17. The van der Waals surface area contributed by atoms with Gasteiger partial charge in [-0.1, -0.05) is 0 Å². The van der Waals surface area contributed by atoms with Gasteiger partial charge in [-0.25, -0.2) is 4.98 Å². The summed E-state index contributed by atoms with van der Waals surface area (Å²) in [7, 11) is 1.24. The van der Waals surface area contributed by atoms with Crippen LogP contribution < -0.4 is 11.1 Å². The number of nitrogens with zero attached hydrogens (tertiary/aromatic N) is 1. The number of pyridine rings is 1. The summed E-state index contributed by atoms with van der Waals surface area (Å²) in [5, 5.41) is 2.34. The van der Waals surface area contributed by atoms with E-state index in [-0.39, 0.29) is 17.9 Å². The van der Waals surface area contributed by atoms with E-state index in [2.05, 4.69) is 31.0 Å². The van der Waals surface area contributed by atoms with Crippen molar-refractivity contribution in [3.8, 4) is 0 Å². The lowest BCUT2D eigenvalue weighted by Gasteiger charge is -2.05. The first-order chi connectivity index (χ1) is 7.54. The molecule has 0 saturated carbocycles. The van der Waals surface area contributed by atoms with Crippen molar-refractivity contribution < 1.29 is 14.3 Å². The van der Waals surface area contributed by atoms with Crippen LogP contribution in [0.15, 0.2) is 16.7 Å². The van der Waals surface area contributed by atoms with Gasteiger partial charge in [-0.3, -0.25) is 9.59 Å². The lowest BCUT2D eigenvalue weighted by molar-refractivity contribution is -0.139. The highest BCUT2D eigenvalue weighted by Crippen LogP contribution is 2.13. The van der Waals surface area contributed by atoms with Crippen LogP contribution in [0.25, 0.3) is 0 Å². The highest BCUT2D eigenvalue weighted by molar-refractivity contribution is 9.10. The molecule has 1 aromatic heterocycles. The molecule has 0 aliphatic rings. The summed E-state index contributed by atoms with van der Waals surface area (Å²) in [5.74, 6) is -1.06. The maximum Gasteiger partial charge on any atom is 0.325 e. The summed E-state index contributed by atoms with van der Waals surface area (Å²) >= 11 is 3.12. The summed E-state index contributed by atoms with van der Waals surface area (Å²) in [6, 6.07) is 3.16. The van der Waals surface area contributed by atoms with E-state index >= 15 is 0 Å². The number of carbonyl (C=O) groups is 2. The Kier molecular flexibility index (Phi) is 4.24. The van der Waals surface area contributed by atoms with Gasteiger partial charge in [0.25, 0.3) is 5.91 Å². The molecule has 16 heavy (non-hydrogen) atoms. The molecule has 6 nitrogen and oxygen atoms in total. The van der Waals surface area contributed by atoms with Crippen molar-refractivity contribution in [1.29, 1.82) is 0 Å². The van der Waals surface area contributed by atoms with Gasteiger partial charge in [0.1, 0.15) is 11.1 Å². The second-order valence-corrected chi connectivity index (χ2v) is 3.64. The molecule has 0 aliphatic carbocycles. The van der Waals surface area contributed by atoms with Gasteiger partial charge in [-0.15, -0.1) is 0 Å². The molecule has 86 valence electrons. The average Bonchev–Trinajstić information content (AvgIpc) is 2.28. The van der Waals surface area contributed by atoms with Crippen LogP contribution in [0, 0.1) is 0 Å². The Morgan fingerprint density at radius 1 is 1.56 bits per heavy atom. The fraction of sp³-hybridized carbons (Fsp3) is 0.222. The van der Waals surface area contributed by atoms with E-state index in [1.807, 2.05) is 0 Å². The van der Waals surface area contributed by atoms with Crippen LogP contribution in [0.1, 0.15) is 10.5 Å². The van der Waals surface area contributed by atoms with Crippen LogP contribution in [0.2, 0.25) is 0 Å². The van der Waals surface area contributed by atoms with Gasteiger partial charge in [0.15, 0.2) is 5.69 Å². The molecule has 0 unspecified atom stereocenters. The average molecular weight is 288 g/mol. The van der Waals surface area contributed by atoms with Crippen molar-refractivity contribution >= 4 is 33.5 Å². The molecule has 0 fully saturated rings. The second-order valence-electron chi connectivity index (χ2n) is 2.83. The van der Waals surface area contributed by atoms with Gasteiger partial charge in [0.05, 0.1) is 12.8 Å². The Bertz CT molecular complexity index is 422. The predicted octanol–water partition coefficient (Wildman–Crippen LogP) is 0.329. The number of nitrogens with one attached hydrogen (secondary N) is 1. The highest BCUT2D eigenvalue weighted by Gasteiger charge is 2.13. The monoisotopic (exact) mass is 287 g/mol. The van der Waals surface area contributed by atoms with E-state index in [1.165, 1.54) is 7.11 Å². The van der Waals surface area contributed by atoms with E-state index in [0.717, 1.165) is 0 Å². The van der Waals surface area contributed by atoms with Gasteiger partial charge >= 0.3 is 5.97 Å². The van der Waals surface area contributed by atoms with E-state index in [0.29, 0.717) is 4.60 Å². The Labute approximate surface area is 100 Å². The van der Waals surface area contributed by atoms with Gasteiger partial charge in [0, 0.05) is 0 Å². The number of anilines is 1. The van der Waals surface area contributed by atoms with Crippen molar-refractivity contribution in [2.45, 2.75) is 0 Å². The first-order valence-electron chi connectivity index (χ1n) is 4.31. The molecule has 3 N–H and O–H groups in total. The zero-order valence-electron chi connectivity index (χ0n) is 8.49. The maximum atomic E-state index is 11.6. The van der Waals surface area contributed by atoms with Gasteiger partial charge < -0.3 is 15.8 Å². The molecule has 0 spiro atoms. The lowest BCUT2D eigenvalue weighted by Crippen LogP contribution is -2.31. The van der Waals surface area contributed by atoms with Crippen molar-refractivity contribution in [3.63, 3.8) is 0 Å². The van der Waals surface area contributed by atoms with Crippen LogP contribution in [0.4, 0.5) is 5.69 Å². The zero-order valence-corrected chi connectivity index (χ0v) is 10.1. The lowest BCUT2D eigenvalue weighted by atomic mass is 10.3. The summed E-state index contributed by atoms with van der Waals surface area (Å²) in [4.78, 5) is 26.3. The molecular weight excluding hydrogens is 278 g/mol. The summed E-state index contributed by atoms with van der Waals surface area (Å²) < 4.78 is 4.87. The largest absolute Gasteiger partial charge is 0.468 e. The maximum absolute atomic E-state index is 11.6. The number of methoxy groups -OCH3 is 1. The van der Waals surface area contributed by atoms with Crippen LogP contribution in [-0.4, -0.2) is 30.5 Å². The number of aromatic nitrogens is 1. The molecule has 1 amide bonds. The van der Waals surface area contributed by atoms with Crippen molar-refractivity contribution in [3.05, 3.63) is 22.4 Å². The number of ether oxygens (including phenoxy) is 1. The Hall–Kier alpha value is -1.63. The number of halogens is 1. The number of hydrogen-bond acceptors (Lipinski definition) is 5. The van der Waals surface area contributed by atoms with Crippen LogP contribution in [-0.2, 0) is 9.53 Å². The highest BCUT2D eigenvalue weighted by atomic mass is 79.9. The molecule has 0 bridgehead atoms. The third-order valence-electron chi connectivity index (χ3n) is 1.73. The molecule has 0 radical (unpaired) electrons. The SMILES string of the molecule is COC(=O)CNC(=O)c1nc(Br)ccc1N. The zero-order chi connectivity index (χ0) is 12.1. The molecule has 0 aromatic carbocycles. The smallest absolute Gasteiger partial charge is 0.325 e. The van der Waals surface area contributed by atoms with Gasteiger partial charge in [0.2, 0.25) is 0 Å². The fourth-order valence-electron chi connectivity index (χ4n) is 0.936. The Morgan fingerprint density at radius 2 is 2.25 bits per heavy atom. The normalized spacial score (nSPS) is 9.62. The Balaban J connectivity index is 2.73. The quantitative estimate of drug-likeness (QED) is 0.617.